The summed E-state index contributed by atoms with van der Waals surface area (Å²) in [6, 6.07) is 0. The lowest BCUT2D eigenvalue weighted by Crippen LogP contribution is -2.18. The average molecular weight is 497 g/mol. The van der Waals surface area contributed by atoms with Crippen molar-refractivity contribution in [2.24, 2.45) is 11.2 Å². The van der Waals surface area contributed by atoms with Crippen LogP contribution in [0.25, 0.3) is 0 Å². The fourth-order valence-electron chi connectivity index (χ4n) is 5.34. The maximum Gasteiger partial charge on any atom is 0.0542 e. The highest BCUT2D eigenvalue weighted by atomic mass is 16.3. The van der Waals surface area contributed by atoms with Gasteiger partial charge in [-0.3, -0.25) is 5.43 Å². The van der Waals surface area contributed by atoms with E-state index < -0.39 is 0 Å². The van der Waals surface area contributed by atoms with E-state index in [2.05, 4.69) is 24.6 Å². The fraction of sp³-hybridized carbons (Fsp3) is 1.00. The summed E-state index contributed by atoms with van der Waals surface area (Å²) in [7, 11) is 0. The zero-order valence-electron chi connectivity index (χ0n) is 24.0. The summed E-state index contributed by atoms with van der Waals surface area (Å²) in [5.41, 5.74) is 2.57. The Labute approximate surface area is 220 Å². The van der Waals surface area contributed by atoms with Crippen LogP contribution < -0.4 is 5.43 Å². The lowest BCUT2D eigenvalue weighted by molar-refractivity contribution is 0.124. The molecule has 0 heterocycles. The lowest BCUT2D eigenvalue weighted by atomic mass is 9.90. The molecule has 0 fully saturated rings. The Hall–Kier alpha value is -0.640. The summed E-state index contributed by atoms with van der Waals surface area (Å²) < 4.78 is 0. The third-order valence-corrected chi connectivity index (χ3v) is 7.69. The summed E-state index contributed by atoms with van der Waals surface area (Å²) in [5.74, 6) is 0.505. The Morgan fingerprint density at radius 3 is 1.31 bits per heavy atom. The third kappa shape index (κ3) is 27.8. The molecule has 2 unspecified atom stereocenters. The van der Waals surface area contributed by atoms with E-state index in [1.165, 1.54) is 141 Å². The van der Waals surface area contributed by atoms with Gasteiger partial charge in [-0.15, -0.1) is 4.91 Å². The van der Waals surface area contributed by atoms with E-state index in [4.69, 9.17) is 0 Å². The molecule has 0 aliphatic carbocycles. The molecule has 0 saturated carbocycles. The zero-order chi connectivity index (χ0) is 25.7. The number of unbranched alkanes of at least 4 members (excludes halogenated alkanes) is 20. The normalized spacial score (nSPS) is 13.1. The van der Waals surface area contributed by atoms with Crippen molar-refractivity contribution in [3.05, 3.63) is 4.91 Å². The molecule has 2 atom stereocenters. The van der Waals surface area contributed by atoms with E-state index in [-0.39, 0.29) is 6.10 Å². The van der Waals surface area contributed by atoms with Crippen LogP contribution >= 0.6 is 0 Å². The van der Waals surface area contributed by atoms with E-state index in [0.29, 0.717) is 12.5 Å². The first-order valence-corrected chi connectivity index (χ1v) is 16.0. The van der Waals surface area contributed by atoms with E-state index in [9.17, 15) is 10.0 Å². The number of hydrogen-bond acceptors (Lipinski definition) is 3. The van der Waals surface area contributed by atoms with E-state index >= 15 is 0 Å². The molecule has 0 bridgehead atoms. The standard InChI is InChI=1S/C31H64N2O2/c1-3-5-7-9-11-13-15-16-17-19-21-23-25-30(27-28-32-33-35)29-31(34)26-24-22-20-18-14-12-10-8-6-4-2/h30-31,34H,3-29H2,1-2H3,(H,32,35). The van der Waals surface area contributed by atoms with Gasteiger partial charge in [-0.1, -0.05) is 162 Å². The highest BCUT2D eigenvalue weighted by Crippen LogP contribution is 2.23. The van der Waals surface area contributed by atoms with Gasteiger partial charge in [0.05, 0.1) is 6.10 Å². The van der Waals surface area contributed by atoms with Crippen LogP contribution in [-0.4, -0.2) is 17.8 Å². The zero-order valence-corrected chi connectivity index (χ0v) is 24.0. The van der Waals surface area contributed by atoms with Gasteiger partial charge in [-0.25, -0.2) is 0 Å². The van der Waals surface area contributed by atoms with E-state index in [1.807, 2.05) is 0 Å². The molecule has 0 aliphatic rings. The van der Waals surface area contributed by atoms with Crippen LogP contribution in [0.5, 0.6) is 0 Å². The van der Waals surface area contributed by atoms with Crippen LogP contribution in [0.15, 0.2) is 5.29 Å². The molecule has 35 heavy (non-hydrogen) atoms. The van der Waals surface area contributed by atoms with Crippen molar-refractivity contribution in [3.8, 4) is 0 Å². The van der Waals surface area contributed by atoms with Crippen molar-refractivity contribution in [2.45, 2.75) is 187 Å². The van der Waals surface area contributed by atoms with Gasteiger partial charge in [0.25, 0.3) is 0 Å². The minimum atomic E-state index is -0.185. The number of nitroso groups, excluding NO2 is 1. The predicted octanol–water partition coefficient (Wildman–Crippen LogP) is 10.4. The van der Waals surface area contributed by atoms with Crippen LogP contribution in [0.1, 0.15) is 181 Å². The van der Waals surface area contributed by atoms with Crippen molar-refractivity contribution in [2.75, 3.05) is 6.54 Å². The van der Waals surface area contributed by atoms with Crippen molar-refractivity contribution in [3.63, 3.8) is 0 Å². The Morgan fingerprint density at radius 1 is 0.543 bits per heavy atom. The van der Waals surface area contributed by atoms with Gasteiger partial charge in [-0.05, 0) is 25.2 Å². The first kappa shape index (κ1) is 34.4. The molecule has 0 spiro atoms. The van der Waals surface area contributed by atoms with Crippen LogP contribution in [0.3, 0.4) is 0 Å². The number of nitrogens with zero attached hydrogens (tertiary/aromatic N) is 1. The maximum absolute atomic E-state index is 10.6. The van der Waals surface area contributed by atoms with E-state index in [1.54, 1.807) is 0 Å². The Morgan fingerprint density at radius 2 is 0.914 bits per heavy atom. The molecular weight excluding hydrogens is 432 g/mol. The maximum atomic E-state index is 10.6. The Bertz CT molecular complexity index is 405. The number of nitrogens with one attached hydrogen (secondary N) is 1. The molecule has 0 radical (unpaired) electrons. The van der Waals surface area contributed by atoms with Gasteiger partial charge >= 0.3 is 0 Å². The van der Waals surface area contributed by atoms with Crippen LogP contribution in [0.2, 0.25) is 0 Å². The average Bonchev–Trinajstić information content (AvgIpc) is 2.85. The first-order chi connectivity index (χ1) is 17.2. The Kier molecular flexibility index (Phi) is 29.0. The summed E-state index contributed by atoms with van der Waals surface area (Å²) in [5, 5.41) is 13.4. The predicted molar refractivity (Wildman–Crippen MR) is 155 cm³/mol. The Balaban J connectivity index is 3.75. The van der Waals surface area contributed by atoms with Gasteiger partial charge in [-0.2, -0.15) is 0 Å². The molecule has 0 amide bonds. The van der Waals surface area contributed by atoms with Crippen LogP contribution in [0.4, 0.5) is 0 Å². The number of aliphatic hydroxyl groups excluding tert-OH is 1. The highest BCUT2D eigenvalue weighted by molar-refractivity contribution is 4.68. The van der Waals surface area contributed by atoms with Gasteiger partial charge in [0.1, 0.15) is 0 Å². The van der Waals surface area contributed by atoms with E-state index in [0.717, 1.165) is 25.7 Å². The SMILES string of the molecule is CCCCCCCCCCCCCCC(CCNN=O)CC(O)CCCCCCCCCCCC. The lowest BCUT2D eigenvalue weighted by Gasteiger charge is -2.20. The van der Waals surface area contributed by atoms with Gasteiger partial charge in [0.2, 0.25) is 0 Å². The number of aliphatic hydroxyl groups is 1. The second-order valence-electron chi connectivity index (χ2n) is 11.2. The summed E-state index contributed by atoms with van der Waals surface area (Å²) in [6.45, 7) is 5.19. The van der Waals surface area contributed by atoms with Crippen molar-refractivity contribution < 1.29 is 5.11 Å². The molecule has 0 aliphatic heterocycles. The quantitative estimate of drug-likeness (QED) is 0.0590. The number of hydrogen-bond donors (Lipinski definition) is 2. The molecule has 0 rings (SSSR count). The molecule has 0 aromatic heterocycles. The monoisotopic (exact) mass is 496 g/mol. The summed E-state index contributed by atoms with van der Waals surface area (Å²) in [4.78, 5) is 10.4. The van der Waals surface area contributed by atoms with Gasteiger partial charge < -0.3 is 5.11 Å². The van der Waals surface area contributed by atoms with Crippen LogP contribution in [0, 0.1) is 10.8 Å². The molecule has 4 heteroatoms. The van der Waals surface area contributed by atoms with Gasteiger partial charge in [0.15, 0.2) is 0 Å². The minimum absolute atomic E-state index is 0.185. The first-order valence-electron chi connectivity index (χ1n) is 16.0. The summed E-state index contributed by atoms with van der Waals surface area (Å²) >= 11 is 0. The topological polar surface area (TPSA) is 61.7 Å². The third-order valence-electron chi connectivity index (χ3n) is 7.69. The fourth-order valence-corrected chi connectivity index (χ4v) is 5.34. The molecule has 0 aromatic rings. The molecule has 2 N–H and O–H groups in total. The summed E-state index contributed by atoms with van der Waals surface area (Å²) in [6.07, 6.45) is 33.6. The molecule has 0 saturated heterocycles. The second-order valence-corrected chi connectivity index (χ2v) is 11.2. The molecule has 210 valence electrons. The van der Waals surface area contributed by atoms with Crippen molar-refractivity contribution in [1.82, 2.24) is 5.43 Å². The number of rotatable bonds is 30. The smallest absolute Gasteiger partial charge is 0.0542 e. The molecular formula is C31H64N2O2. The van der Waals surface area contributed by atoms with Gasteiger partial charge in [0, 0.05) is 11.8 Å². The largest absolute Gasteiger partial charge is 0.393 e. The minimum Gasteiger partial charge on any atom is -0.393 e. The molecule has 4 nitrogen and oxygen atoms in total. The van der Waals surface area contributed by atoms with Crippen LogP contribution in [-0.2, 0) is 0 Å². The molecule has 0 aromatic carbocycles. The van der Waals surface area contributed by atoms with Crippen molar-refractivity contribution in [1.29, 1.82) is 0 Å². The van der Waals surface area contributed by atoms with Crippen molar-refractivity contribution >= 4 is 0 Å². The second kappa shape index (κ2) is 29.6. The highest BCUT2D eigenvalue weighted by Gasteiger charge is 2.14.